The van der Waals surface area contributed by atoms with Crippen LogP contribution in [0.15, 0.2) is 65.3 Å². The van der Waals surface area contributed by atoms with Crippen LogP contribution in [0.2, 0.25) is 0 Å². The van der Waals surface area contributed by atoms with Crippen molar-refractivity contribution in [2.45, 2.75) is 18.9 Å². The summed E-state index contributed by atoms with van der Waals surface area (Å²) in [4.78, 5) is 14.6. The number of furan rings is 1. The van der Waals surface area contributed by atoms with Crippen molar-refractivity contribution >= 4 is 16.9 Å². The van der Waals surface area contributed by atoms with Crippen molar-refractivity contribution in [1.82, 2.24) is 24.9 Å². The van der Waals surface area contributed by atoms with Crippen LogP contribution in [0.4, 0.5) is 0 Å². The Morgan fingerprint density at radius 1 is 1.07 bits per heavy atom. The Hall–Kier alpha value is -3.68. The summed E-state index contributed by atoms with van der Waals surface area (Å²) >= 11 is 0. The summed E-state index contributed by atoms with van der Waals surface area (Å²) in [5.74, 6) is 1.41. The molecule has 5 rings (SSSR count). The second-order valence-corrected chi connectivity index (χ2v) is 6.94. The molecule has 29 heavy (non-hydrogen) atoms. The Balaban J connectivity index is 1.18. The molecule has 0 bridgehead atoms. The molecule has 3 aromatic heterocycles. The third-order valence-corrected chi connectivity index (χ3v) is 5.02. The number of aromatic nitrogens is 4. The molecular weight excluding hydrogens is 370 g/mol. The number of hydrogen-bond donors (Lipinski definition) is 0. The molecule has 0 spiro atoms. The average molecular weight is 389 g/mol. The molecule has 1 amide bonds. The fraction of sp³-hybridized carbons (Fsp3) is 0.238. The van der Waals surface area contributed by atoms with Gasteiger partial charge < -0.3 is 14.1 Å². The van der Waals surface area contributed by atoms with Crippen LogP contribution >= 0.6 is 0 Å². The highest BCUT2D eigenvalue weighted by molar-refractivity contribution is 5.96. The lowest BCUT2D eigenvalue weighted by molar-refractivity contribution is 0.0560. The Bertz CT molecular complexity index is 1080. The van der Waals surface area contributed by atoms with E-state index in [1.165, 1.54) is 0 Å². The minimum absolute atomic E-state index is 0.000392. The standard InChI is InChI=1S/C21H19N5O3/c27-21(18-14-15-4-1-2-5-17(15)29-18)25-12-8-16(9-13-25)28-20-7-6-19(23-24-20)26-11-3-10-22-26/h1-7,10-11,14,16H,8-9,12-13H2. The number of para-hydroxylation sites is 1. The molecule has 1 aliphatic heterocycles. The van der Waals surface area contributed by atoms with Crippen LogP contribution in [0.3, 0.4) is 0 Å². The van der Waals surface area contributed by atoms with Crippen molar-refractivity contribution in [3.8, 4) is 11.7 Å². The lowest BCUT2D eigenvalue weighted by atomic mass is 10.1. The van der Waals surface area contributed by atoms with E-state index >= 15 is 0 Å². The first-order valence-corrected chi connectivity index (χ1v) is 9.54. The Morgan fingerprint density at radius 2 is 1.93 bits per heavy atom. The summed E-state index contributed by atoms with van der Waals surface area (Å²) in [5, 5.41) is 13.3. The van der Waals surface area contributed by atoms with Gasteiger partial charge in [-0.2, -0.15) is 5.10 Å². The molecule has 8 heteroatoms. The SMILES string of the molecule is O=C(c1cc2ccccc2o1)N1CCC(Oc2ccc(-n3cccn3)nn2)CC1. The molecule has 0 unspecified atom stereocenters. The van der Waals surface area contributed by atoms with Crippen LogP contribution in [0.1, 0.15) is 23.4 Å². The van der Waals surface area contributed by atoms with E-state index in [1.54, 1.807) is 29.2 Å². The monoisotopic (exact) mass is 389 g/mol. The van der Waals surface area contributed by atoms with Gasteiger partial charge in [0.1, 0.15) is 11.7 Å². The number of carbonyl (C=O) groups excluding carboxylic acids is 1. The van der Waals surface area contributed by atoms with Crippen LogP contribution in [-0.2, 0) is 0 Å². The molecule has 0 atom stereocenters. The van der Waals surface area contributed by atoms with E-state index in [9.17, 15) is 4.79 Å². The molecule has 0 aliphatic carbocycles. The fourth-order valence-electron chi connectivity index (χ4n) is 3.49. The second kappa shape index (κ2) is 7.38. The number of amides is 1. The number of fused-ring (bicyclic) bond motifs is 1. The highest BCUT2D eigenvalue weighted by Gasteiger charge is 2.27. The number of benzene rings is 1. The highest BCUT2D eigenvalue weighted by Crippen LogP contribution is 2.23. The van der Waals surface area contributed by atoms with Gasteiger partial charge >= 0.3 is 0 Å². The maximum Gasteiger partial charge on any atom is 0.289 e. The molecule has 8 nitrogen and oxygen atoms in total. The van der Waals surface area contributed by atoms with E-state index in [0.29, 0.717) is 30.5 Å². The van der Waals surface area contributed by atoms with Gasteiger partial charge in [-0.1, -0.05) is 18.2 Å². The lowest BCUT2D eigenvalue weighted by Gasteiger charge is -2.31. The summed E-state index contributed by atoms with van der Waals surface area (Å²) in [6, 6.07) is 14.9. The Labute approximate surface area is 166 Å². The highest BCUT2D eigenvalue weighted by atomic mass is 16.5. The van der Waals surface area contributed by atoms with Gasteiger partial charge in [-0.25, -0.2) is 4.68 Å². The van der Waals surface area contributed by atoms with Crippen molar-refractivity contribution in [1.29, 1.82) is 0 Å². The molecule has 1 aliphatic rings. The minimum Gasteiger partial charge on any atom is -0.473 e. The average Bonchev–Trinajstić information content (AvgIpc) is 3.44. The predicted octanol–water partition coefficient (Wildman–Crippen LogP) is 3.09. The molecule has 1 aromatic carbocycles. The molecule has 146 valence electrons. The second-order valence-electron chi connectivity index (χ2n) is 6.94. The van der Waals surface area contributed by atoms with Gasteiger partial charge in [0.2, 0.25) is 5.88 Å². The largest absolute Gasteiger partial charge is 0.473 e. The van der Waals surface area contributed by atoms with Crippen LogP contribution in [-0.4, -0.2) is 50.0 Å². The molecular formula is C21H19N5O3. The van der Waals surface area contributed by atoms with Gasteiger partial charge in [0.15, 0.2) is 11.6 Å². The number of rotatable bonds is 4. The van der Waals surface area contributed by atoms with Crippen molar-refractivity contribution in [2.24, 2.45) is 0 Å². The minimum atomic E-state index is -0.0805. The van der Waals surface area contributed by atoms with Crippen LogP contribution in [0.5, 0.6) is 5.88 Å². The summed E-state index contributed by atoms with van der Waals surface area (Å²) in [6.45, 7) is 1.22. The van der Waals surface area contributed by atoms with E-state index in [1.807, 2.05) is 41.3 Å². The molecule has 0 N–H and O–H groups in total. The lowest BCUT2D eigenvalue weighted by Crippen LogP contribution is -2.41. The third-order valence-electron chi connectivity index (χ3n) is 5.02. The Kier molecular flexibility index (Phi) is 4.44. The van der Waals surface area contributed by atoms with E-state index in [-0.39, 0.29) is 12.0 Å². The maximum atomic E-state index is 12.7. The maximum absolute atomic E-state index is 12.7. The first kappa shape index (κ1) is 17.4. The summed E-state index contributed by atoms with van der Waals surface area (Å²) in [6.07, 6.45) is 4.95. The first-order valence-electron chi connectivity index (χ1n) is 9.54. The van der Waals surface area contributed by atoms with Crippen LogP contribution in [0.25, 0.3) is 16.8 Å². The van der Waals surface area contributed by atoms with Crippen molar-refractivity contribution in [3.05, 3.63) is 66.7 Å². The van der Waals surface area contributed by atoms with E-state index in [2.05, 4.69) is 15.3 Å². The van der Waals surface area contributed by atoms with E-state index < -0.39 is 0 Å². The van der Waals surface area contributed by atoms with Gasteiger partial charge in [0, 0.05) is 49.8 Å². The molecule has 4 heterocycles. The topological polar surface area (TPSA) is 86.3 Å². The van der Waals surface area contributed by atoms with E-state index in [4.69, 9.17) is 9.15 Å². The summed E-state index contributed by atoms with van der Waals surface area (Å²) in [5.41, 5.74) is 0.728. The van der Waals surface area contributed by atoms with Crippen molar-refractivity contribution < 1.29 is 13.9 Å². The normalized spacial score (nSPS) is 15.0. The van der Waals surface area contributed by atoms with Crippen LogP contribution < -0.4 is 4.74 Å². The zero-order valence-electron chi connectivity index (χ0n) is 15.6. The molecule has 1 saturated heterocycles. The Morgan fingerprint density at radius 3 is 2.66 bits per heavy atom. The molecule has 0 saturated carbocycles. The first-order chi connectivity index (χ1) is 14.3. The number of piperidine rings is 1. The number of carbonyl (C=O) groups is 1. The van der Waals surface area contributed by atoms with Gasteiger partial charge in [-0.05, 0) is 24.3 Å². The van der Waals surface area contributed by atoms with Gasteiger partial charge in [-0.3, -0.25) is 4.79 Å². The van der Waals surface area contributed by atoms with Crippen LogP contribution in [0, 0.1) is 0 Å². The number of nitrogens with zero attached hydrogens (tertiary/aromatic N) is 5. The molecule has 1 fully saturated rings. The third kappa shape index (κ3) is 3.56. The van der Waals surface area contributed by atoms with E-state index in [0.717, 1.165) is 23.8 Å². The number of hydrogen-bond acceptors (Lipinski definition) is 6. The summed E-state index contributed by atoms with van der Waals surface area (Å²) in [7, 11) is 0. The van der Waals surface area contributed by atoms with Gasteiger partial charge in [0.05, 0.1) is 0 Å². The number of likely N-dealkylation sites (tertiary alicyclic amines) is 1. The smallest absolute Gasteiger partial charge is 0.289 e. The zero-order valence-corrected chi connectivity index (χ0v) is 15.6. The molecule has 0 radical (unpaired) electrons. The van der Waals surface area contributed by atoms with Crippen molar-refractivity contribution in [2.75, 3.05) is 13.1 Å². The quantitative estimate of drug-likeness (QED) is 0.533. The zero-order chi connectivity index (χ0) is 19.6. The summed E-state index contributed by atoms with van der Waals surface area (Å²) < 4.78 is 13.3. The van der Waals surface area contributed by atoms with Gasteiger partial charge in [0.25, 0.3) is 5.91 Å². The number of ether oxygens (including phenoxy) is 1. The van der Waals surface area contributed by atoms with Crippen molar-refractivity contribution in [3.63, 3.8) is 0 Å². The molecule has 4 aromatic rings. The fourth-order valence-corrected chi connectivity index (χ4v) is 3.49. The predicted molar refractivity (Wildman–Crippen MR) is 105 cm³/mol. The van der Waals surface area contributed by atoms with Gasteiger partial charge in [-0.15, -0.1) is 10.2 Å².